The molecule has 0 aliphatic heterocycles. The van der Waals surface area contributed by atoms with Crippen LogP contribution in [0, 0.1) is 0 Å². The van der Waals surface area contributed by atoms with Gasteiger partial charge in [-0.2, -0.15) is 0 Å². The third kappa shape index (κ3) is 2.94. The van der Waals surface area contributed by atoms with E-state index in [1.807, 2.05) is 6.07 Å². The summed E-state index contributed by atoms with van der Waals surface area (Å²) in [7, 11) is 0. The maximum absolute atomic E-state index is 11.2. The van der Waals surface area contributed by atoms with Crippen LogP contribution in [0.3, 0.4) is 0 Å². The number of imidazole rings is 1. The summed E-state index contributed by atoms with van der Waals surface area (Å²) in [6.45, 7) is 8.71. The summed E-state index contributed by atoms with van der Waals surface area (Å²) >= 11 is 0. The Balaban J connectivity index is 2.70. The smallest absolute Gasteiger partial charge is 0.335 e. The van der Waals surface area contributed by atoms with Gasteiger partial charge in [-0.05, 0) is 44.9 Å². The molecule has 114 valence electrons. The first-order chi connectivity index (χ1) is 9.90. The first-order valence-electron chi connectivity index (χ1n) is 7.66. The third-order valence-electron chi connectivity index (χ3n) is 3.91. The standard InChI is InChI=1S/C17H24N2O2/c1-5-7-15-18-13-9-8-12(16(20)21)11-14(13)19(15)17(3,4)10-6-2/h8-9,11H,5-7,10H2,1-4H3,(H,20,21). The molecule has 1 heterocycles. The number of nitrogens with zero attached hydrogens (tertiary/aromatic N) is 2. The number of carboxylic acids is 1. The molecule has 0 aliphatic rings. The summed E-state index contributed by atoms with van der Waals surface area (Å²) in [5.74, 6) is 0.156. The molecule has 4 nitrogen and oxygen atoms in total. The minimum atomic E-state index is -0.894. The number of carbonyl (C=O) groups is 1. The van der Waals surface area contributed by atoms with Crippen molar-refractivity contribution in [2.75, 3.05) is 0 Å². The number of hydrogen-bond donors (Lipinski definition) is 1. The van der Waals surface area contributed by atoms with Crippen LogP contribution in [0.1, 0.15) is 63.1 Å². The molecule has 0 unspecified atom stereocenters. The number of benzene rings is 1. The van der Waals surface area contributed by atoms with E-state index >= 15 is 0 Å². The largest absolute Gasteiger partial charge is 0.478 e. The fourth-order valence-corrected chi connectivity index (χ4v) is 3.05. The molecular weight excluding hydrogens is 264 g/mol. The normalized spacial score (nSPS) is 12.0. The average molecular weight is 288 g/mol. The van der Waals surface area contributed by atoms with E-state index in [1.165, 1.54) is 0 Å². The number of aromatic carboxylic acids is 1. The predicted molar refractivity (Wildman–Crippen MR) is 84.9 cm³/mol. The van der Waals surface area contributed by atoms with Crippen LogP contribution in [0.2, 0.25) is 0 Å². The van der Waals surface area contributed by atoms with Crippen molar-refractivity contribution in [2.24, 2.45) is 0 Å². The lowest BCUT2D eigenvalue weighted by atomic mass is 9.97. The topological polar surface area (TPSA) is 55.1 Å². The molecule has 0 fully saturated rings. The molecule has 0 atom stereocenters. The van der Waals surface area contributed by atoms with E-state index in [1.54, 1.807) is 12.1 Å². The van der Waals surface area contributed by atoms with E-state index in [0.29, 0.717) is 5.56 Å². The Morgan fingerprint density at radius 1 is 1.29 bits per heavy atom. The Labute approximate surface area is 125 Å². The number of rotatable bonds is 6. The molecule has 1 aromatic heterocycles. The summed E-state index contributed by atoms with van der Waals surface area (Å²) in [5.41, 5.74) is 2.06. The van der Waals surface area contributed by atoms with Crippen LogP contribution >= 0.6 is 0 Å². The third-order valence-corrected chi connectivity index (χ3v) is 3.91. The lowest BCUT2D eigenvalue weighted by Crippen LogP contribution is -2.28. The van der Waals surface area contributed by atoms with Crippen LogP contribution < -0.4 is 0 Å². The Hall–Kier alpha value is -1.84. The number of hydrogen-bond acceptors (Lipinski definition) is 2. The Morgan fingerprint density at radius 2 is 2.00 bits per heavy atom. The SMILES string of the molecule is CCCc1nc2ccc(C(=O)O)cc2n1C(C)(C)CCC. The Kier molecular flexibility index (Phi) is 4.35. The van der Waals surface area contributed by atoms with Crippen LogP contribution in [0.15, 0.2) is 18.2 Å². The summed E-state index contributed by atoms with van der Waals surface area (Å²) in [6.07, 6.45) is 4.05. The van der Waals surface area contributed by atoms with E-state index in [9.17, 15) is 9.90 Å². The van der Waals surface area contributed by atoms with Gasteiger partial charge in [-0.3, -0.25) is 0 Å². The highest BCUT2D eigenvalue weighted by Crippen LogP contribution is 2.30. The van der Waals surface area contributed by atoms with E-state index in [0.717, 1.165) is 42.5 Å². The van der Waals surface area contributed by atoms with Gasteiger partial charge in [0.1, 0.15) is 5.82 Å². The quantitative estimate of drug-likeness (QED) is 0.865. The maximum atomic E-state index is 11.2. The molecule has 0 saturated carbocycles. The molecular formula is C17H24N2O2. The molecule has 0 bridgehead atoms. The minimum Gasteiger partial charge on any atom is -0.478 e. The highest BCUT2D eigenvalue weighted by atomic mass is 16.4. The zero-order chi connectivity index (χ0) is 15.6. The van der Waals surface area contributed by atoms with Gasteiger partial charge in [-0.15, -0.1) is 0 Å². The van der Waals surface area contributed by atoms with Crippen LogP contribution in [-0.2, 0) is 12.0 Å². The Morgan fingerprint density at radius 3 is 2.57 bits per heavy atom. The van der Waals surface area contributed by atoms with Gasteiger partial charge in [-0.25, -0.2) is 9.78 Å². The van der Waals surface area contributed by atoms with E-state index in [-0.39, 0.29) is 5.54 Å². The van der Waals surface area contributed by atoms with Gasteiger partial charge in [0.15, 0.2) is 0 Å². The first-order valence-corrected chi connectivity index (χ1v) is 7.66. The summed E-state index contributed by atoms with van der Waals surface area (Å²) < 4.78 is 2.24. The predicted octanol–water partition coefficient (Wildman–Crippen LogP) is 4.22. The minimum absolute atomic E-state index is 0.0644. The van der Waals surface area contributed by atoms with Crippen LogP contribution in [0.25, 0.3) is 11.0 Å². The van der Waals surface area contributed by atoms with Gasteiger partial charge < -0.3 is 9.67 Å². The molecule has 2 rings (SSSR count). The van der Waals surface area contributed by atoms with Crippen molar-refractivity contribution >= 4 is 17.0 Å². The van der Waals surface area contributed by atoms with Crippen molar-refractivity contribution < 1.29 is 9.90 Å². The van der Waals surface area contributed by atoms with Gasteiger partial charge in [0.25, 0.3) is 0 Å². The van der Waals surface area contributed by atoms with Crippen molar-refractivity contribution in [3.05, 3.63) is 29.6 Å². The summed E-state index contributed by atoms with van der Waals surface area (Å²) in [4.78, 5) is 16.0. The number of fused-ring (bicyclic) bond motifs is 1. The zero-order valence-electron chi connectivity index (χ0n) is 13.3. The molecule has 1 N–H and O–H groups in total. The van der Waals surface area contributed by atoms with Crippen molar-refractivity contribution in [3.63, 3.8) is 0 Å². The van der Waals surface area contributed by atoms with E-state index < -0.39 is 5.97 Å². The van der Waals surface area contributed by atoms with Crippen molar-refractivity contribution in [2.45, 2.75) is 58.9 Å². The zero-order valence-corrected chi connectivity index (χ0v) is 13.3. The van der Waals surface area contributed by atoms with Crippen LogP contribution in [0.4, 0.5) is 0 Å². The lowest BCUT2D eigenvalue weighted by Gasteiger charge is -2.29. The molecule has 0 spiro atoms. The van der Waals surface area contributed by atoms with Crippen molar-refractivity contribution in [1.29, 1.82) is 0 Å². The van der Waals surface area contributed by atoms with Crippen LogP contribution in [0.5, 0.6) is 0 Å². The van der Waals surface area contributed by atoms with Crippen molar-refractivity contribution in [3.8, 4) is 0 Å². The fraction of sp³-hybridized carbons (Fsp3) is 0.529. The Bertz CT molecular complexity index is 656. The summed E-state index contributed by atoms with van der Waals surface area (Å²) in [5, 5.41) is 9.22. The highest BCUT2D eigenvalue weighted by Gasteiger charge is 2.25. The second-order valence-electron chi connectivity index (χ2n) is 6.18. The molecule has 0 aliphatic carbocycles. The second kappa shape index (κ2) is 5.88. The molecule has 0 saturated heterocycles. The average Bonchev–Trinajstić information content (AvgIpc) is 2.76. The van der Waals surface area contributed by atoms with Gasteiger partial charge in [-0.1, -0.05) is 20.3 Å². The molecule has 0 amide bonds. The molecule has 4 heteroatoms. The molecule has 1 aromatic carbocycles. The van der Waals surface area contributed by atoms with Crippen LogP contribution in [-0.4, -0.2) is 20.6 Å². The van der Waals surface area contributed by atoms with Gasteiger partial charge >= 0.3 is 5.97 Å². The number of aromatic nitrogens is 2. The second-order valence-corrected chi connectivity index (χ2v) is 6.18. The van der Waals surface area contributed by atoms with Gasteiger partial charge in [0, 0.05) is 12.0 Å². The van der Waals surface area contributed by atoms with Gasteiger partial charge in [0.05, 0.1) is 16.6 Å². The number of carboxylic acid groups (broad SMARTS) is 1. The van der Waals surface area contributed by atoms with E-state index in [2.05, 4.69) is 32.3 Å². The van der Waals surface area contributed by atoms with Gasteiger partial charge in [0.2, 0.25) is 0 Å². The highest BCUT2D eigenvalue weighted by molar-refractivity contribution is 5.92. The summed E-state index contributed by atoms with van der Waals surface area (Å²) in [6, 6.07) is 5.20. The maximum Gasteiger partial charge on any atom is 0.335 e. The first kappa shape index (κ1) is 15.5. The van der Waals surface area contributed by atoms with E-state index in [4.69, 9.17) is 4.98 Å². The fourth-order valence-electron chi connectivity index (χ4n) is 3.05. The lowest BCUT2D eigenvalue weighted by molar-refractivity contribution is 0.0697. The monoisotopic (exact) mass is 288 g/mol. The molecule has 21 heavy (non-hydrogen) atoms. The van der Waals surface area contributed by atoms with Crippen molar-refractivity contribution in [1.82, 2.24) is 9.55 Å². The molecule has 0 radical (unpaired) electrons. The molecule has 2 aromatic rings. The number of aryl methyl sites for hydroxylation is 1.